The standard InChI is InChI=1S/C20H26N4O2.HI/c1-4-12-26-18-9-7-6-8-17(18)15-24-20(21-5-2)23-14-16-10-11-19(25-3)22-13-16;/h4,6-11,13H,1,5,12,14-15H2,2-3H3,(H2,21,23,24);1H. The molecule has 0 amide bonds. The van der Waals surface area contributed by atoms with E-state index < -0.39 is 0 Å². The summed E-state index contributed by atoms with van der Waals surface area (Å²) in [5.74, 6) is 2.18. The lowest BCUT2D eigenvalue weighted by Crippen LogP contribution is -2.36. The van der Waals surface area contributed by atoms with Gasteiger partial charge in [-0.3, -0.25) is 0 Å². The Morgan fingerprint density at radius 3 is 2.70 bits per heavy atom. The molecule has 27 heavy (non-hydrogen) atoms. The van der Waals surface area contributed by atoms with Crippen LogP contribution in [0.4, 0.5) is 0 Å². The number of aromatic nitrogens is 1. The summed E-state index contributed by atoms with van der Waals surface area (Å²) in [5, 5.41) is 6.58. The number of ether oxygens (including phenoxy) is 2. The predicted molar refractivity (Wildman–Crippen MR) is 120 cm³/mol. The maximum atomic E-state index is 5.69. The molecule has 0 aliphatic heterocycles. The average Bonchev–Trinajstić information content (AvgIpc) is 2.69. The van der Waals surface area contributed by atoms with E-state index >= 15 is 0 Å². The maximum Gasteiger partial charge on any atom is 0.212 e. The third kappa shape index (κ3) is 7.86. The number of hydrogen-bond donors (Lipinski definition) is 2. The molecule has 1 aromatic heterocycles. The van der Waals surface area contributed by atoms with Crippen molar-refractivity contribution in [2.45, 2.75) is 20.0 Å². The molecular weight excluding hydrogens is 455 g/mol. The zero-order chi connectivity index (χ0) is 18.6. The molecule has 2 aromatic rings. The number of para-hydroxylation sites is 1. The quantitative estimate of drug-likeness (QED) is 0.248. The van der Waals surface area contributed by atoms with Crippen molar-refractivity contribution in [3.8, 4) is 11.6 Å². The lowest BCUT2D eigenvalue weighted by molar-refractivity contribution is 0.358. The molecular formula is C20H27IN4O2. The first-order valence-corrected chi connectivity index (χ1v) is 8.59. The van der Waals surface area contributed by atoms with Crippen LogP contribution in [0.25, 0.3) is 0 Å². The number of nitrogens with one attached hydrogen (secondary N) is 2. The molecule has 0 unspecified atom stereocenters. The van der Waals surface area contributed by atoms with Gasteiger partial charge in [0.05, 0.1) is 13.7 Å². The van der Waals surface area contributed by atoms with Crippen LogP contribution >= 0.6 is 24.0 Å². The Bertz CT molecular complexity index is 720. The summed E-state index contributed by atoms with van der Waals surface area (Å²) in [6, 6.07) is 11.7. The Morgan fingerprint density at radius 1 is 1.22 bits per heavy atom. The van der Waals surface area contributed by atoms with Crippen LogP contribution in [-0.4, -0.2) is 31.2 Å². The molecule has 1 heterocycles. The summed E-state index contributed by atoms with van der Waals surface area (Å²) < 4.78 is 10.8. The Balaban J connectivity index is 0.00000364. The zero-order valence-corrected chi connectivity index (χ0v) is 18.1. The fraction of sp³-hybridized carbons (Fsp3) is 0.300. The maximum absolute atomic E-state index is 5.69. The van der Waals surface area contributed by atoms with Crippen LogP contribution in [0.1, 0.15) is 18.1 Å². The molecule has 0 radical (unpaired) electrons. The third-order valence-corrected chi connectivity index (χ3v) is 3.55. The number of halogens is 1. The van der Waals surface area contributed by atoms with Crippen LogP contribution < -0.4 is 20.1 Å². The number of hydrogen-bond acceptors (Lipinski definition) is 4. The monoisotopic (exact) mass is 482 g/mol. The highest BCUT2D eigenvalue weighted by Crippen LogP contribution is 2.17. The minimum absolute atomic E-state index is 0. The molecule has 1 aromatic carbocycles. The highest BCUT2D eigenvalue weighted by Gasteiger charge is 2.04. The van der Waals surface area contributed by atoms with Crippen LogP contribution in [0.2, 0.25) is 0 Å². The first kappa shape index (κ1) is 22.8. The normalized spacial score (nSPS) is 10.5. The molecule has 0 aliphatic carbocycles. The number of nitrogens with zero attached hydrogens (tertiary/aromatic N) is 2. The van der Waals surface area contributed by atoms with E-state index in [1.54, 1.807) is 19.4 Å². The van der Waals surface area contributed by atoms with Crippen LogP contribution in [0, 0.1) is 0 Å². The van der Waals surface area contributed by atoms with Crippen molar-refractivity contribution in [3.63, 3.8) is 0 Å². The first-order valence-electron chi connectivity index (χ1n) is 8.59. The molecule has 0 spiro atoms. The number of benzene rings is 1. The largest absolute Gasteiger partial charge is 0.489 e. The summed E-state index contributed by atoms with van der Waals surface area (Å²) in [4.78, 5) is 8.80. The summed E-state index contributed by atoms with van der Waals surface area (Å²) in [6.07, 6.45) is 3.50. The molecule has 0 atom stereocenters. The van der Waals surface area contributed by atoms with E-state index in [2.05, 4.69) is 27.2 Å². The number of methoxy groups -OCH3 is 1. The van der Waals surface area contributed by atoms with Crippen molar-refractivity contribution in [3.05, 3.63) is 66.4 Å². The van der Waals surface area contributed by atoms with Gasteiger partial charge in [0.25, 0.3) is 0 Å². The van der Waals surface area contributed by atoms with Gasteiger partial charge in [0.1, 0.15) is 12.4 Å². The molecule has 0 fully saturated rings. The Labute approximate surface area is 178 Å². The molecule has 6 nitrogen and oxygen atoms in total. The van der Waals surface area contributed by atoms with Gasteiger partial charge in [-0.15, -0.1) is 24.0 Å². The highest BCUT2D eigenvalue weighted by atomic mass is 127. The van der Waals surface area contributed by atoms with Crippen molar-refractivity contribution in [2.24, 2.45) is 4.99 Å². The van der Waals surface area contributed by atoms with Crippen LogP contribution in [0.3, 0.4) is 0 Å². The van der Waals surface area contributed by atoms with E-state index in [-0.39, 0.29) is 24.0 Å². The second-order valence-electron chi connectivity index (χ2n) is 5.46. The van der Waals surface area contributed by atoms with Gasteiger partial charge < -0.3 is 20.1 Å². The molecule has 0 saturated carbocycles. The molecule has 7 heteroatoms. The number of guanidine groups is 1. The van der Waals surface area contributed by atoms with Gasteiger partial charge in [-0.05, 0) is 18.6 Å². The number of rotatable bonds is 9. The van der Waals surface area contributed by atoms with Gasteiger partial charge >= 0.3 is 0 Å². The lowest BCUT2D eigenvalue weighted by Gasteiger charge is -2.14. The van der Waals surface area contributed by atoms with Crippen molar-refractivity contribution in [1.29, 1.82) is 0 Å². The molecule has 0 bridgehead atoms. The Kier molecular flexibility index (Phi) is 10.9. The van der Waals surface area contributed by atoms with Gasteiger partial charge in [0.2, 0.25) is 5.88 Å². The Morgan fingerprint density at radius 2 is 2.04 bits per heavy atom. The summed E-state index contributed by atoms with van der Waals surface area (Å²) in [6.45, 7) is 8.12. The van der Waals surface area contributed by atoms with Crippen molar-refractivity contribution in [2.75, 3.05) is 20.3 Å². The molecule has 146 valence electrons. The SMILES string of the molecule is C=CCOc1ccccc1CNC(=NCc1ccc(OC)nc1)NCC.I. The number of pyridine rings is 1. The summed E-state index contributed by atoms with van der Waals surface area (Å²) >= 11 is 0. The van der Waals surface area contributed by atoms with Gasteiger partial charge in [0.15, 0.2) is 5.96 Å². The fourth-order valence-corrected chi connectivity index (χ4v) is 2.26. The van der Waals surface area contributed by atoms with Crippen LogP contribution in [0.15, 0.2) is 60.2 Å². The van der Waals surface area contributed by atoms with Crippen molar-refractivity contribution >= 4 is 29.9 Å². The topological polar surface area (TPSA) is 67.8 Å². The van der Waals surface area contributed by atoms with Crippen molar-refractivity contribution < 1.29 is 9.47 Å². The van der Waals surface area contributed by atoms with Gasteiger partial charge in [0, 0.05) is 30.9 Å². The minimum Gasteiger partial charge on any atom is -0.489 e. The predicted octanol–water partition coefficient (Wildman–Crippen LogP) is 3.53. The second-order valence-corrected chi connectivity index (χ2v) is 5.46. The smallest absolute Gasteiger partial charge is 0.212 e. The summed E-state index contributed by atoms with van der Waals surface area (Å²) in [7, 11) is 1.60. The first-order chi connectivity index (χ1) is 12.8. The minimum atomic E-state index is 0. The van der Waals surface area contributed by atoms with Gasteiger partial charge in [-0.1, -0.05) is 36.9 Å². The van der Waals surface area contributed by atoms with E-state index in [1.165, 1.54) is 0 Å². The molecule has 2 rings (SSSR count). The molecule has 0 saturated heterocycles. The van der Waals surface area contributed by atoms with E-state index in [4.69, 9.17) is 9.47 Å². The van der Waals surface area contributed by atoms with Crippen LogP contribution in [-0.2, 0) is 13.1 Å². The van der Waals surface area contributed by atoms with E-state index in [0.717, 1.165) is 29.4 Å². The van der Waals surface area contributed by atoms with Gasteiger partial charge in [-0.2, -0.15) is 0 Å². The van der Waals surface area contributed by atoms with Crippen LogP contribution in [0.5, 0.6) is 11.6 Å². The fourth-order valence-electron chi connectivity index (χ4n) is 2.26. The second kappa shape index (κ2) is 13.0. The summed E-state index contributed by atoms with van der Waals surface area (Å²) in [5.41, 5.74) is 2.07. The van der Waals surface area contributed by atoms with E-state index in [9.17, 15) is 0 Å². The highest BCUT2D eigenvalue weighted by molar-refractivity contribution is 14.0. The number of aliphatic imine (C=N–C) groups is 1. The average molecular weight is 482 g/mol. The van der Waals surface area contributed by atoms with Crippen molar-refractivity contribution in [1.82, 2.24) is 15.6 Å². The van der Waals surface area contributed by atoms with Gasteiger partial charge in [-0.25, -0.2) is 9.98 Å². The lowest BCUT2D eigenvalue weighted by atomic mass is 10.2. The van der Waals surface area contributed by atoms with E-state index in [0.29, 0.717) is 25.6 Å². The van der Waals surface area contributed by atoms with E-state index in [1.807, 2.05) is 43.3 Å². The zero-order valence-electron chi connectivity index (χ0n) is 15.8. The molecule has 2 N–H and O–H groups in total. The molecule has 0 aliphatic rings. The Hall–Kier alpha value is -2.29. The third-order valence-electron chi connectivity index (χ3n) is 3.55.